The molecule has 2 rings (SSSR count). The first-order chi connectivity index (χ1) is 6.61. The van der Waals surface area contributed by atoms with Crippen LogP contribution in [0.1, 0.15) is 12.1 Å². The molecule has 14 heavy (non-hydrogen) atoms. The number of hydrogen-bond donors (Lipinski definition) is 0. The van der Waals surface area contributed by atoms with Gasteiger partial charge in [0.25, 0.3) is 5.56 Å². The maximum absolute atomic E-state index is 11.8. The van der Waals surface area contributed by atoms with Crippen molar-refractivity contribution in [2.75, 3.05) is 18.0 Å². The third-order valence-corrected chi connectivity index (χ3v) is 3.80. The average Bonchev–Trinajstić information content (AvgIpc) is 2.08. The summed E-state index contributed by atoms with van der Waals surface area (Å²) in [6.07, 6.45) is 1.24. The highest BCUT2D eigenvalue weighted by Gasteiger charge is 2.19. The van der Waals surface area contributed by atoms with Crippen molar-refractivity contribution in [3.8, 4) is 0 Å². The number of rotatable bonds is 1. The SMILES string of the molecule is Cc1cc(N2CCC2)c(I)c(=O)n1C. The molecule has 0 saturated carbocycles. The number of aryl methyl sites for hydroxylation is 1. The van der Waals surface area contributed by atoms with Gasteiger partial charge in [-0.05, 0) is 42.0 Å². The topological polar surface area (TPSA) is 25.2 Å². The van der Waals surface area contributed by atoms with Crippen LogP contribution in [0.25, 0.3) is 0 Å². The average molecular weight is 304 g/mol. The molecule has 0 amide bonds. The summed E-state index contributed by atoms with van der Waals surface area (Å²) >= 11 is 2.14. The van der Waals surface area contributed by atoms with E-state index in [0.717, 1.165) is 28.0 Å². The summed E-state index contributed by atoms with van der Waals surface area (Å²) in [6.45, 7) is 4.14. The standard InChI is InChI=1S/C10H13IN2O/c1-7-6-8(13-4-3-5-13)9(11)10(14)12(7)2/h6H,3-5H2,1-2H3. The molecular weight excluding hydrogens is 291 g/mol. The smallest absolute Gasteiger partial charge is 0.266 e. The van der Waals surface area contributed by atoms with Gasteiger partial charge in [0.2, 0.25) is 0 Å². The fraction of sp³-hybridized carbons (Fsp3) is 0.500. The van der Waals surface area contributed by atoms with E-state index in [2.05, 4.69) is 33.6 Å². The van der Waals surface area contributed by atoms with Crippen LogP contribution in [0.4, 0.5) is 5.69 Å². The summed E-state index contributed by atoms with van der Waals surface area (Å²) in [4.78, 5) is 14.0. The molecule has 3 nitrogen and oxygen atoms in total. The first kappa shape index (κ1) is 10.0. The lowest BCUT2D eigenvalue weighted by molar-refractivity contribution is 0.613. The molecule has 0 bridgehead atoms. The van der Waals surface area contributed by atoms with E-state index in [1.807, 2.05) is 14.0 Å². The van der Waals surface area contributed by atoms with Gasteiger partial charge in [0, 0.05) is 25.8 Å². The summed E-state index contributed by atoms with van der Waals surface area (Å²) in [5.74, 6) is 0. The molecule has 0 unspecified atom stereocenters. The van der Waals surface area contributed by atoms with Gasteiger partial charge in [-0.3, -0.25) is 4.79 Å². The maximum atomic E-state index is 11.8. The predicted molar refractivity (Wildman–Crippen MR) is 66.0 cm³/mol. The van der Waals surface area contributed by atoms with E-state index in [9.17, 15) is 4.79 Å². The maximum Gasteiger partial charge on any atom is 0.266 e. The number of pyridine rings is 1. The van der Waals surface area contributed by atoms with Gasteiger partial charge in [0.1, 0.15) is 3.57 Å². The van der Waals surface area contributed by atoms with Crippen LogP contribution in [-0.4, -0.2) is 17.7 Å². The Morgan fingerprint density at radius 2 is 2.07 bits per heavy atom. The second-order valence-electron chi connectivity index (χ2n) is 3.69. The molecule has 0 aromatic carbocycles. The Hall–Kier alpha value is -0.520. The van der Waals surface area contributed by atoms with Crippen molar-refractivity contribution in [1.29, 1.82) is 0 Å². The summed E-state index contributed by atoms with van der Waals surface area (Å²) in [6, 6.07) is 2.10. The lowest BCUT2D eigenvalue weighted by atomic mass is 10.2. The molecule has 0 atom stereocenters. The number of hydrogen-bond acceptors (Lipinski definition) is 2. The Bertz CT molecular complexity index is 421. The minimum atomic E-state index is 0.118. The van der Waals surface area contributed by atoms with Crippen LogP contribution in [-0.2, 0) is 7.05 Å². The van der Waals surface area contributed by atoms with Gasteiger partial charge in [0.05, 0.1) is 5.69 Å². The Morgan fingerprint density at radius 3 is 2.57 bits per heavy atom. The lowest BCUT2D eigenvalue weighted by Gasteiger charge is -2.34. The van der Waals surface area contributed by atoms with Crippen LogP contribution in [0.2, 0.25) is 0 Å². The fourth-order valence-corrected chi connectivity index (χ4v) is 2.42. The van der Waals surface area contributed by atoms with E-state index in [0.29, 0.717) is 0 Å². The highest BCUT2D eigenvalue weighted by molar-refractivity contribution is 14.1. The third-order valence-electron chi connectivity index (χ3n) is 2.79. The van der Waals surface area contributed by atoms with Crippen LogP contribution in [0.3, 0.4) is 0 Å². The Labute approximate surface area is 96.9 Å². The third kappa shape index (κ3) is 1.45. The van der Waals surface area contributed by atoms with E-state index in [1.165, 1.54) is 6.42 Å². The van der Waals surface area contributed by atoms with Crippen LogP contribution in [0.15, 0.2) is 10.9 Å². The van der Waals surface area contributed by atoms with E-state index < -0.39 is 0 Å². The molecule has 1 aliphatic heterocycles. The van der Waals surface area contributed by atoms with Crippen molar-refractivity contribution in [3.63, 3.8) is 0 Å². The van der Waals surface area contributed by atoms with Crippen LogP contribution < -0.4 is 10.5 Å². The zero-order valence-corrected chi connectivity index (χ0v) is 10.5. The molecule has 0 N–H and O–H groups in total. The number of nitrogens with zero attached hydrogens (tertiary/aromatic N) is 2. The van der Waals surface area contributed by atoms with Gasteiger partial charge in [-0.2, -0.15) is 0 Å². The summed E-state index contributed by atoms with van der Waals surface area (Å²) in [7, 11) is 1.82. The molecule has 1 saturated heterocycles. The second kappa shape index (κ2) is 3.56. The number of anilines is 1. The molecule has 0 aliphatic carbocycles. The minimum absolute atomic E-state index is 0.118. The zero-order chi connectivity index (χ0) is 10.3. The molecule has 76 valence electrons. The van der Waals surface area contributed by atoms with Gasteiger partial charge in [0.15, 0.2) is 0 Å². The highest BCUT2D eigenvalue weighted by atomic mass is 127. The molecule has 4 heteroatoms. The molecule has 0 spiro atoms. The van der Waals surface area contributed by atoms with Crippen molar-refractivity contribution in [3.05, 3.63) is 25.7 Å². The largest absolute Gasteiger partial charge is 0.370 e. The van der Waals surface area contributed by atoms with Gasteiger partial charge >= 0.3 is 0 Å². The predicted octanol–water partition coefficient (Wildman–Crippen LogP) is 1.51. The Balaban J connectivity index is 2.55. The van der Waals surface area contributed by atoms with Gasteiger partial charge in [-0.1, -0.05) is 0 Å². The van der Waals surface area contributed by atoms with E-state index >= 15 is 0 Å². The van der Waals surface area contributed by atoms with E-state index in [4.69, 9.17) is 0 Å². The van der Waals surface area contributed by atoms with E-state index in [-0.39, 0.29) is 5.56 Å². The molecule has 1 aliphatic rings. The Kier molecular flexibility index (Phi) is 2.55. The van der Waals surface area contributed by atoms with Crippen molar-refractivity contribution in [2.24, 2.45) is 7.05 Å². The van der Waals surface area contributed by atoms with Gasteiger partial charge in [-0.25, -0.2) is 0 Å². The molecule has 0 radical (unpaired) electrons. The monoisotopic (exact) mass is 304 g/mol. The van der Waals surface area contributed by atoms with Crippen molar-refractivity contribution >= 4 is 28.3 Å². The quantitative estimate of drug-likeness (QED) is 0.735. The van der Waals surface area contributed by atoms with E-state index in [1.54, 1.807) is 4.57 Å². The number of halogens is 1. The highest BCUT2D eigenvalue weighted by Crippen LogP contribution is 2.24. The Morgan fingerprint density at radius 1 is 1.43 bits per heavy atom. The van der Waals surface area contributed by atoms with Crippen LogP contribution in [0, 0.1) is 10.5 Å². The van der Waals surface area contributed by atoms with Crippen LogP contribution in [0.5, 0.6) is 0 Å². The van der Waals surface area contributed by atoms with Crippen molar-refractivity contribution in [1.82, 2.24) is 4.57 Å². The second-order valence-corrected chi connectivity index (χ2v) is 4.77. The number of aromatic nitrogens is 1. The summed E-state index contributed by atoms with van der Waals surface area (Å²) in [5, 5.41) is 0. The molecule has 1 fully saturated rings. The van der Waals surface area contributed by atoms with Gasteiger partial charge < -0.3 is 9.47 Å². The molecular formula is C10H13IN2O. The first-order valence-corrected chi connectivity index (χ1v) is 5.80. The lowest BCUT2D eigenvalue weighted by Crippen LogP contribution is -2.39. The molecule has 1 aromatic heterocycles. The zero-order valence-electron chi connectivity index (χ0n) is 8.38. The van der Waals surface area contributed by atoms with Crippen molar-refractivity contribution in [2.45, 2.75) is 13.3 Å². The van der Waals surface area contributed by atoms with Gasteiger partial charge in [-0.15, -0.1) is 0 Å². The minimum Gasteiger partial charge on any atom is -0.370 e. The van der Waals surface area contributed by atoms with Crippen molar-refractivity contribution < 1.29 is 0 Å². The summed E-state index contributed by atoms with van der Waals surface area (Å²) < 4.78 is 2.54. The molecule has 2 heterocycles. The summed E-state index contributed by atoms with van der Waals surface area (Å²) in [5.41, 5.74) is 2.25. The fourth-order valence-electron chi connectivity index (χ4n) is 1.56. The molecule has 1 aromatic rings. The van der Waals surface area contributed by atoms with Crippen LogP contribution >= 0.6 is 22.6 Å². The first-order valence-electron chi connectivity index (χ1n) is 4.72. The normalized spacial score (nSPS) is 15.5.